The number of hydrogen-bond acceptors (Lipinski definition) is 31. The topological polar surface area (TPSA) is 704 Å². The van der Waals surface area contributed by atoms with Gasteiger partial charge in [0.1, 0.15) is 0 Å². The van der Waals surface area contributed by atoms with Gasteiger partial charge in [-0.25, -0.2) is 0 Å². The third-order valence-corrected chi connectivity index (χ3v) is 17.8. The van der Waals surface area contributed by atoms with Crippen molar-refractivity contribution in [3.8, 4) is 0 Å². The van der Waals surface area contributed by atoms with Crippen LogP contribution in [0.2, 0.25) is 0 Å². The summed E-state index contributed by atoms with van der Waals surface area (Å²) < 4.78 is 0. The number of nitrogens with two attached hydrogens (primary N) is 16. The minimum Gasteiger partial charge on any atom is -0.342 e. The third-order valence-electron chi connectivity index (χ3n) is 17.8. The van der Waals surface area contributed by atoms with E-state index in [1.165, 1.54) is 29.4 Å². The van der Waals surface area contributed by atoms with Crippen LogP contribution in [0.15, 0.2) is 0 Å². The first-order valence-corrected chi connectivity index (χ1v) is 35.7. The van der Waals surface area contributed by atoms with Crippen molar-refractivity contribution in [3.63, 3.8) is 0 Å². The number of carbonyl (C=O) groups is 14. The van der Waals surface area contributed by atoms with Crippen LogP contribution in [0.25, 0.3) is 0 Å². The molecule has 45 heteroatoms. The quantitative estimate of drug-likeness (QED) is 0.0251. The second-order valence-corrected chi connectivity index (χ2v) is 25.3. The molecule has 0 aromatic rings. The van der Waals surface area contributed by atoms with Gasteiger partial charge in [0, 0.05) is 187 Å². The minimum absolute atomic E-state index is 0.0550. The first-order chi connectivity index (χ1) is 50.8. The van der Waals surface area contributed by atoms with Crippen molar-refractivity contribution >= 4 is 82.7 Å². The maximum absolute atomic E-state index is 14.9. The van der Waals surface area contributed by atoms with E-state index in [1.54, 1.807) is 0 Å². The lowest BCUT2D eigenvalue weighted by molar-refractivity contribution is -0.140. The second kappa shape index (κ2) is 55.3. The molecule has 0 unspecified atom stereocenters. The van der Waals surface area contributed by atoms with Crippen molar-refractivity contribution in [2.75, 3.05) is 198 Å². The smallest absolute Gasteiger partial charge is 0.226 e. The maximum Gasteiger partial charge on any atom is 0.226 e. The van der Waals surface area contributed by atoms with Gasteiger partial charge < -0.3 is 160 Å². The zero-order chi connectivity index (χ0) is 81.4. The van der Waals surface area contributed by atoms with Crippen LogP contribution >= 0.6 is 0 Å². The van der Waals surface area contributed by atoms with Crippen LogP contribution in [-0.2, 0) is 67.1 Å². The van der Waals surface area contributed by atoms with Gasteiger partial charge in [-0.2, -0.15) is 0 Å². The molecule has 107 heavy (non-hydrogen) atoms. The van der Waals surface area contributed by atoms with E-state index >= 15 is 0 Å². The van der Waals surface area contributed by atoms with Crippen molar-refractivity contribution in [3.05, 3.63) is 0 Å². The lowest BCUT2D eigenvalue weighted by Crippen LogP contribution is -2.47. The number of carbonyl (C=O) groups excluding carboxylic acids is 14. The molecule has 0 aromatic heterocycles. The van der Waals surface area contributed by atoms with Gasteiger partial charge in [-0.15, -0.1) is 0 Å². The van der Waals surface area contributed by atoms with E-state index < -0.39 is 114 Å². The van der Waals surface area contributed by atoms with Crippen LogP contribution in [0, 0.1) is 0 Å². The normalized spacial score (nSPS) is 11.1. The highest BCUT2D eigenvalue weighted by Gasteiger charge is 2.31. The highest BCUT2D eigenvalue weighted by Crippen LogP contribution is 2.18. The van der Waals surface area contributed by atoms with Gasteiger partial charge in [-0.3, -0.25) is 72.0 Å². The zero-order valence-electron chi connectivity index (χ0n) is 63.3. The highest BCUT2D eigenvalue weighted by atomic mass is 16.2. The Morgan fingerprint density at radius 2 is 0.243 bits per heavy atom. The fraction of sp³-hybridized carbons (Fsp3) is 0.774. The molecule has 616 valence electrons. The standard InChI is InChI=1S/C62H129N31O14/c1-62(2,3)93(30-16-52(98)83(18-4-48(94)79(22-8-54(100)85(32-63)33-64)23-9-55(101)86(34-65)35-66)19-5-49(95)80(24-10-56(102)87(36-67)37-68)25-11-57(103)88(38-69)39-70)31-17-53(99)84(20-6-50(96)81(26-12-58(104)89(40-71)41-72)27-13-59(105)90(42-73)43-74)21-7-51(97)82(28-14-60(106)91(44-75)45-76)29-15-61(107)92(46-77)47-78/h4-47,63-78H2,1-3H3. The average molecular weight is 1530 g/mol. The van der Waals surface area contributed by atoms with Gasteiger partial charge in [0.2, 0.25) is 82.7 Å². The van der Waals surface area contributed by atoms with Crippen LogP contribution in [0.5, 0.6) is 0 Å². The Balaban J connectivity index is 7.83. The predicted molar refractivity (Wildman–Crippen MR) is 395 cm³/mol. The summed E-state index contributed by atoms with van der Waals surface area (Å²) in [7, 11) is 0. The molecule has 0 atom stereocenters. The largest absolute Gasteiger partial charge is 0.342 e. The van der Waals surface area contributed by atoms with Crippen molar-refractivity contribution < 1.29 is 67.1 Å². The Morgan fingerprint density at radius 1 is 0.159 bits per heavy atom. The fourth-order valence-corrected chi connectivity index (χ4v) is 10.6. The Kier molecular flexibility index (Phi) is 51.1. The molecule has 45 nitrogen and oxygen atoms in total. The van der Waals surface area contributed by atoms with Gasteiger partial charge in [0.25, 0.3) is 0 Å². The summed E-state index contributed by atoms with van der Waals surface area (Å²) in [4.78, 5) is 211. The molecule has 0 aliphatic carbocycles. The molecule has 0 saturated carbocycles. The first-order valence-electron chi connectivity index (χ1n) is 35.7. The number of amides is 14. The Morgan fingerprint density at radius 3 is 0.327 bits per heavy atom. The van der Waals surface area contributed by atoms with Gasteiger partial charge in [-0.1, -0.05) is 0 Å². The van der Waals surface area contributed by atoms with E-state index in [1.807, 2.05) is 25.7 Å². The Bertz CT molecular complexity index is 2290. The van der Waals surface area contributed by atoms with E-state index in [-0.39, 0.29) is 263 Å². The summed E-state index contributed by atoms with van der Waals surface area (Å²) in [5.74, 6) is -7.56. The zero-order valence-corrected chi connectivity index (χ0v) is 63.3. The van der Waals surface area contributed by atoms with Crippen molar-refractivity contribution in [1.82, 2.24) is 73.5 Å². The summed E-state index contributed by atoms with van der Waals surface area (Å²) in [6.07, 6.45) is -4.26. The number of rotatable bonds is 58. The summed E-state index contributed by atoms with van der Waals surface area (Å²) in [5, 5.41) is 0. The molecule has 0 rings (SSSR count). The van der Waals surface area contributed by atoms with Crippen molar-refractivity contribution in [2.24, 2.45) is 91.7 Å². The van der Waals surface area contributed by atoms with E-state index in [0.29, 0.717) is 0 Å². The molecular weight excluding hydrogens is 1400 g/mol. The second-order valence-electron chi connectivity index (χ2n) is 25.3. The molecule has 32 N–H and O–H groups in total. The summed E-state index contributed by atoms with van der Waals surface area (Å²) in [6.45, 7) is -1.18. The molecule has 14 amide bonds. The number of nitrogens with zero attached hydrogens (tertiary/aromatic N) is 15. The van der Waals surface area contributed by atoms with Crippen molar-refractivity contribution in [1.29, 1.82) is 0 Å². The molecule has 0 aromatic carbocycles. The van der Waals surface area contributed by atoms with Crippen LogP contribution in [-0.4, -0.2) is 360 Å². The molecule has 0 aliphatic heterocycles. The molecule has 0 fully saturated rings. The summed E-state index contributed by atoms with van der Waals surface area (Å²) in [6, 6.07) is 0. The molecule has 0 radical (unpaired) electrons. The van der Waals surface area contributed by atoms with Crippen molar-refractivity contribution in [2.45, 2.75) is 116 Å². The fourth-order valence-electron chi connectivity index (χ4n) is 10.6. The molecule has 0 aliphatic rings. The first kappa shape index (κ1) is 98.9. The van der Waals surface area contributed by atoms with E-state index in [0.717, 1.165) is 39.2 Å². The lowest BCUT2D eigenvalue weighted by Gasteiger charge is -2.36. The van der Waals surface area contributed by atoms with Crippen LogP contribution in [0.4, 0.5) is 0 Å². The van der Waals surface area contributed by atoms with Crippen LogP contribution in [0.1, 0.15) is 111 Å². The van der Waals surface area contributed by atoms with Gasteiger partial charge in [-0.05, 0) is 20.8 Å². The van der Waals surface area contributed by atoms with E-state index in [2.05, 4.69) is 0 Å². The Hall–Kier alpha value is -8.10. The van der Waals surface area contributed by atoms with Gasteiger partial charge in [0.05, 0.1) is 107 Å². The molecule has 0 spiro atoms. The molecule has 0 saturated heterocycles. The van der Waals surface area contributed by atoms with E-state index in [9.17, 15) is 67.1 Å². The van der Waals surface area contributed by atoms with Crippen LogP contribution in [0.3, 0.4) is 0 Å². The predicted octanol–water partition coefficient (Wildman–Crippen LogP) is -12.2. The maximum atomic E-state index is 14.9. The van der Waals surface area contributed by atoms with Crippen LogP contribution < -0.4 is 91.7 Å². The Labute approximate surface area is 627 Å². The SMILES string of the molecule is CC(C)(C)N(CCC(=O)N(CCC(=O)N(CCC(=O)N(CN)CN)CCC(=O)N(CN)CN)CCC(=O)N(CCC(=O)N(CN)CN)CCC(=O)N(CN)CN)CCC(=O)N(CCC(=O)N(CCC(=O)N(CN)CN)CCC(=O)N(CN)CN)CCC(=O)N(CCC(=O)N(CN)CN)CCC(=O)N(CN)CN. The number of hydrogen-bond donors (Lipinski definition) is 16. The monoisotopic (exact) mass is 1530 g/mol. The molecule has 0 bridgehead atoms. The van der Waals surface area contributed by atoms with Gasteiger partial charge in [0.15, 0.2) is 0 Å². The molecule has 0 heterocycles. The summed E-state index contributed by atoms with van der Waals surface area (Å²) >= 11 is 0. The van der Waals surface area contributed by atoms with E-state index in [4.69, 9.17) is 91.7 Å². The summed E-state index contributed by atoms with van der Waals surface area (Å²) in [5.41, 5.74) is 90.8. The average Bonchev–Trinajstić information content (AvgIpc) is 0.881. The molecular formula is C62H129N31O14. The van der Waals surface area contributed by atoms with Gasteiger partial charge >= 0.3 is 0 Å². The highest BCUT2D eigenvalue weighted by molar-refractivity contribution is 5.86. The third kappa shape index (κ3) is 37.0. The minimum atomic E-state index is -0.803. The lowest BCUT2D eigenvalue weighted by atomic mass is 10.0.